The van der Waals surface area contributed by atoms with Gasteiger partial charge in [0.1, 0.15) is 17.7 Å². The van der Waals surface area contributed by atoms with Gasteiger partial charge in [0.2, 0.25) is 0 Å². The summed E-state index contributed by atoms with van der Waals surface area (Å²) in [4.78, 5) is 3.21. The van der Waals surface area contributed by atoms with Crippen LogP contribution in [0.1, 0.15) is 17.5 Å². The maximum Gasteiger partial charge on any atom is 0.417 e. The molecule has 0 aliphatic carbocycles. The molecular weight excluding hydrogens is 490 g/mol. The van der Waals surface area contributed by atoms with Crippen LogP contribution < -0.4 is 14.8 Å². The molecule has 0 bridgehead atoms. The Hall–Kier alpha value is -2.93. The highest BCUT2D eigenvalue weighted by atomic mass is 35.5. The van der Waals surface area contributed by atoms with Gasteiger partial charge in [-0.2, -0.15) is 13.2 Å². The van der Waals surface area contributed by atoms with Crippen LogP contribution in [0.3, 0.4) is 0 Å². The van der Waals surface area contributed by atoms with Crippen molar-refractivity contribution in [2.45, 2.75) is 17.3 Å². The lowest BCUT2D eigenvalue weighted by atomic mass is 10.2. The number of alkyl halides is 3. The number of sulfonamides is 1. The molecule has 3 rings (SSSR count). The average molecular weight is 506 g/mol. The molecule has 0 saturated heterocycles. The largest absolute Gasteiger partial charge is 0.457 e. The SMILES string of the molecule is CNC(O)c1cc(Oc2ccc(NS(=O)(=O)c3ccc(Cl)c(C(F)(F)F)c3)c(F)c2)ccn1. The van der Waals surface area contributed by atoms with Gasteiger partial charge in [0.05, 0.1) is 26.9 Å². The quantitative estimate of drug-likeness (QED) is 0.318. The van der Waals surface area contributed by atoms with Crippen molar-refractivity contribution in [3.63, 3.8) is 0 Å². The van der Waals surface area contributed by atoms with Crippen molar-refractivity contribution >= 4 is 27.3 Å². The Kier molecular flexibility index (Phi) is 7.12. The van der Waals surface area contributed by atoms with Gasteiger partial charge >= 0.3 is 6.18 Å². The molecule has 7 nitrogen and oxygen atoms in total. The number of halogens is 5. The molecule has 33 heavy (non-hydrogen) atoms. The van der Waals surface area contributed by atoms with Crippen molar-refractivity contribution in [3.05, 3.63) is 76.8 Å². The molecule has 0 radical (unpaired) electrons. The molecule has 176 valence electrons. The number of anilines is 1. The maximum absolute atomic E-state index is 14.5. The van der Waals surface area contributed by atoms with Crippen LogP contribution in [0, 0.1) is 5.82 Å². The molecule has 0 amide bonds. The first-order valence-corrected chi connectivity index (χ1v) is 10.9. The number of hydrogen-bond donors (Lipinski definition) is 3. The monoisotopic (exact) mass is 505 g/mol. The molecule has 1 unspecified atom stereocenters. The number of nitrogens with zero attached hydrogens (tertiary/aromatic N) is 1. The summed E-state index contributed by atoms with van der Waals surface area (Å²) in [5, 5.41) is 11.7. The number of hydrogen-bond acceptors (Lipinski definition) is 6. The van der Waals surface area contributed by atoms with Crippen LogP contribution in [-0.2, 0) is 16.2 Å². The summed E-state index contributed by atoms with van der Waals surface area (Å²) in [7, 11) is -3.04. The Morgan fingerprint density at radius 1 is 1.09 bits per heavy atom. The minimum absolute atomic E-state index is 0.00241. The highest BCUT2D eigenvalue weighted by Crippen LogP contribution is 2.36. The van der Waals surface area contributed by atoms with Crippen LogP contribution in [0.2, 0.25) is 5.02 Å². The van der Waals surface area contributed by atoms with Crippen LogP contribution in [0.25, 0.3) is 0 Å². The molecule has 0 fully saturated rings. The lowest BCUT2D eigenvalue weighted by Gasteiger charge is -2.14. The van der Waals surface area contributed by atoms with E-state index in [1.807, 2.05) is 4.72 Å². The topological polar surface area (TPSA) is 101 Å². The second-order valence-electron chi connectivity index (χ2n) is 6.60. The molecular formula is C20H16ClF4N3O4S. The van der Waals surface area contributed by atoms with E-state index in [1.165, 1.54) is 31.4 Å². The van der Waals surface area contributed by atoms with Gasteiger partial charge in [-0.1, -0.05) is 11.6 Å². The van der Waals surface area contributed by atoms with Crippen molar-refractivity contribution in [1.82, 2.24) is 10.3 Å². The van der Waals surface area contributed by atoms with E-state index < -0.39 is 49.4 Å². The third-order valence-corrected chi connectivity index (χ3v) is 5.97. The van der Waals surface area contributed by atoms with E-state index >= 15 is 0 Å². The Morgan fingerprint density at radius 2 is 1.79 bits per heavy atom. The predicted octanol–water partition coefficient (Wildman–Crippen LogP) is 4.70. The molecule has 3 aromatic rings. The molecule has 0 aliphatic heterocycles. The molecule has 1 atom stereocenters. The zero-order valence-corrected chi connectivity index (χ0v) is 18.3. The predicted molar refractivity (Wildman–Crippen MR) is 112 cm³/mol. The lowest BCUT2D eigenvalue weighted by molar-refractivity contribution is -0.137. The van der Waals surface area contributed by atoms with Crippen LogP contribution >= 0.6 is 11.6 Å². The van der Waals surface area contributed by atoms with Crippen molar-refractivity contribution in [2.24, 2.45) is 0 Å². The zero-order valence-electron chi connectivity index (χ0n) is 16.7. The fourth-order valence-electron chi connectivity index (χ4n) is 2.66. The summed E-state index contributed by atoms with van der Waals surface area (Å²) in [5.74, 6) is -0.814. The Bertz CT molecular complexity index is 1270. The van der Waals surface area contributed by atoms with Crippen LogP contribution in [0.5, 0.6) is 11.5 Å². The summed E-state index contributed by atoms with van der Waals surface area (Å²) in [6, 6.07) is 8.08. The second kappa shape index (κ2) is 9.51. The molecule has 1 aromatic heterocycles. The number of pyridine rings is 1. The smallest absolute Gasteiger partial charge is 0.417 e. The first-order chi connectivity index (χ1) is 15.4. The third-order valence-electron chi connectivity index (χ3n) is 4.28. The highest BCUT2D eigenvalue weighted by molar-refractivity contribution is 7.92. The van der Waals surface area contributed by atoms with Crippen molar-refractivity contribution < 1.29 is 35.8 Å². The van der Waals surface area contributed by atoms with E-state index in [-0.39, 0.29) is 17.2 Å². The number of aliphatic hydroxyl groups excluding tert-OH is 1. The van der Waals surface area contributed by atoms with Gasteiger partial charge in [-0.05, 0) is 43.4 Å². The molecule has 1 heterocycles. The minimum atomic E-state index is -4.87. The van der Waals surface area contributed by atoms with Gasteiger partial charge in [-0.15, -0.1) is 0 Å². The van der Waals surface area contributed by atoms with Gasteiger partial charge in [-0.25, -0.2) is 12.8 Å². The standard InChI is InChI=1S/C20H16ClF4N3O4S/c1-26-19(29)18-9-12(6-7-27-18)32-11-2-5-17(16(22)8-11)28-33(30,31)13-3-4-15(21)14(10-13)20(23,24)25/h2-10,19,26,28-29H,1H3. The zero-order chi connectivity index (χ0) is 24.4. The number of aromatic nitrogens is 1. The van der Waals surface area contributed by atoms with E-state index in [0.717, 1.165) is 24.3 Å². The highest BCUT2D eigenvalue weighted by Gasteiger charge is 2.34. The second-order valence-corrected chi connectivity index (χ2v) is 8.69. The van der Waals surface area contributed by atoms with Gasteiger partial charge < -0.3 is 9.84 Å². The Labute approximate surface area is 191 Å². The van der Waals surface area contributed by atoms with Crippen molar-refractivity contribution in [1.29, 1.82) is 0 Å². The molecule has 0 saturated carbocycles. The van der Waals surface area contributed by atoms with Crippen molar-refractivity contribution in [2.75, 3.05) is 11.8 Å². The summed E-state index contributed by atoms with van der Waals surface area (Å²) < 4.78 is 86.0. The van der Waals surface area contributed by atoms with E-state index in [4.69, 9.17) is 16.3 Å². The first kappa shape index (κ1) is 24.7. The van der Waals surface area contributed by atoms with Gasteiger partial charge in [0.25, 0.3) is 10.0 Å². The number of nitrogens with one attached hydrogen (secondary N) is 2. The van der Waals surface area contributed by atoms with Crippen LogP contribution in [0.15, 0.2) is 59.6 Å². The van der Waals surface area contributed by atoms with E-state index in [9.17, 15) is 31.1 Å². The summed E-state index contributed by atoms with van der Waals surface area (Å²) in [6.45, 7) is 0. The fourth-order valence-corrected chi connectivity index (χ4v) is 3.98. The van der Waals surface area contributed by atoms with Crippen LogP contribution in [0.4, 0.5) is 23.2 Å². The summed E-state index contributed by atoms with van der Waals surface area (Å²) in [5.41, 5.74) is -1.59. The first-order valence-electron chi connectivity index (χ1n) is 9.09. The maximum atomic E-state index is 14.5. The van der Waals surface area contributed by atoms with Crippen LogP contribution in [-0.4, -0.2) is 25.6 Å². The van der Waals surface area contributed by atoms with Gasteiger partial charge in [0.15, 0.2) is 5.82 Å². The Balaban J connectivity index is 1.82. The van der Waals surface area contributed by atoms with Gasteiger partial charge in [-0.3, -0.25) is 15.0 Å². The number of rotatable bonds is 7. The molecule has 2 aromatic carbocycles. The summed E-state index contributed by atoms with van der Waals surface area (Å²) >= 11 is 5.51. The summed E-state index contributed by atoms with van der Waals surface area (Å²) in [6.07, 6.45) is -4.55. The molecule has 0 aliphatic rings. The van der Waals surface area contributed by atoms with Crippen molar-refractivity contribution in [3.8, 4) is 11.5 Å². The lowest BCUT2D eigenvalue weighted by Crippen LogP contribution is -2.16. The number of ether oxygens (including phenoxy) is 1. The van der Waals surface area contributed by atoms with E-state index in [0.29, 0.717) is 6.07 Å². The number of aliphatic hydroxyl groups is 1. The minimum Gasteiger partial charge on any atom is -0.457 e. The molecule has 13 heteroatoms. The number of benzene rings is 2. The van der Waals surface area contributed by atoms with E-state index in [1.54, 1.807) is 0 Å². The third kappa shape index (κ3) is 5.90. The normalized spacial score (nSPS) is 12.9. The fraction of sp³-hybridized carbons (Fsp3) is 0.150. The average Bonchev–Trinajstić information content (AvgIpc) is 2.74. The van der Waals surface area contributed by atoms with Gasteiger partial charge in [0, 0.05) is 18.3 Å². The molecule has 0 spiro atoms. The van der Waals surface area contributed by atoms with E-state index in [2.05, 4.69) is 10.3 Å². The Morgan fingerprint density at radius 3 is 2.42 bits per heavy atom. The molecule has 3 N–H and O–H groups in total.